The number of hydrogen-bond acceptors (Lipinski definition) is 3. The summed E-state index contributed by atoms with van der Waals surface area (Å²) in [6, 6.07) is 14.9. The summed E-state index contributed by atoms with van der Waals surface area (Å²) in [4.78, 5) is 18.9. The topological polar surface area (TPSA) is 41.9 Å². The standard InChI is InChI=1S/C25H22F4N2O2/c1-16(19-14-31(15-19)12-11-26)30-24(32)18-5-10-22-17(13-18)3-2-4-23(22)33-21-8-6-20(7-9-21)25(27,28)29/h2-10,13,19H,11-12,14-15H2,1H3. The van der Waals surface area contributed by atoms with Crippen LogP contribution in [-0.4, -0.2) is 42.8 Å². The van der Waals surface area contributed by atoms with E-state index >= 15 is 0 Å². The number of likely N-dealkylation sites (tertiary alicyclic amines) is 1. The lowest BCUT2D eigenvalue weighted by Crippen LogP contribution is -2.50. The lowest BCUT2D eigenvalue weighted by Gasteiger charge is -2.38. The number of fused-ring (bicyclic) bond motifs is 1. The SMILES string of the molecule is CC(=NC(=O)c1ccc2c(Oc3ccc(C(F)(F)F)cc3)cccc2c1)C1CN(CCF)C1. The number of amides is 1. The van der Waals surface area contributed by atoms with E-state index in [-0.39, 0.29) is 24.2 Å². The highest BCUT2D eigenvalue weighted by atomic mass is 19.4. The molecular weight excluding hydrogens is 436 g/mol. The first-order valence-corrected chi connectivity index (χ1v) is 10.5. The Kier molecular flexibility index (Phi) is 6.47. The van der Waals surface area contributed by atoms with Crippen molar-refractivity contribution in [3.05, 3.63) is 71.8 Å². The van der Waals surface area contributed by atoms with Crippen LogP contribution in [0.15, 0.2) is 65.7 Å². The molecule has 1 heterocycles. The molecule has 1 aliphatic heterocycles. The second kappa shape index (κ2) is 9.31. The van der Waals surface area contributed by atoms with Crippen molar-refractivity contribution in [2.24, 2.45) is 10.9 Å². The first-order chi connectivity index (χ1) is 15.7. The number of alkyl halides is 4. The molecule has 0 atom stereocenters. The zero-order valence-corrected chi connectivity index (χ0v) is 17.9. The fraction of sp³-hybridized carbons (Fsp3) is 0.280. The third kappa shape index (κ3) is 5.22. The summed E-state index contributed by atoms with van der Waals surface area (Å²) in [5.74, 6) is 0.545. The van der Waals surface area contributed by atoms with Crippen molar-refractivity contribution in [2.75, 3.05) is 26.3 Å². The summed E-state index contributed by atoms with van der Waals surface area (Å²) in [6.45, 7) is 3.24. The molecule has 1 amide bonds. The maximum absolute atomic E-state index is 12.8. The monoisotopic (exact) mass is 458 g/mol. The van der Waals surface area contributed by atoms with Gasteiger partial charge in [0.25, 0.3) is 5.91 Å². The number of rotatable bonds is 6. The average molecular weight is 458 g/mol. The Morgan fingerprint density at radius 3 is 2.48 bits per heavy atom. The van der Waals surface area contributed by atoms with Crippen LogP contribution < -0.4 is 4.74 Å². The van der Waals surface area contributed by atoms with Gasteiger partial charge in [0, 0.05) is 42.2 Å². The van der Waals surface area contributed by atoms with Crippen LogP contribution in [0.5, 0.6) is 11.5 Å². The van der Waals surface area contributed by atoms with Gasteiger partial charge in [0.2, 0.25) is 0 Å². The number of halogens is 4. The smallest absolute Gasteiger partial charge is 0.416 e. The molecule has 0 bridgehead atoms. The molecular formula is C25H22F4N2O2. The molecule has 1 aliphatic rings. The molecule has 0 aromatic heterocycles. The first kappa shape index (κ1) is 22.9. The largest absolute Gasteiger partial charge is 0.457 e. The van der Waals surface area contributed by atoms with Crippen LogP contribution in [0.4, 0.5) is 17.6 Å². The van der Waals surface area contributed by atoms with Gasteiger partial charge in [-0.05, 0) is 60.8 Å². The molecule has 3 aromatic carbocycles. The fourth-order valence-corrected chi connectivity index (χ4v) is 3.77. The lowest BCUT2D eigenvalue weighted by atomic mass is 9.95. The normalized spacial score (nSPS) is 15.5. The number of carbonyl (C=O) groups excluding carboxylic acids is 1. The van der Waals surface area contributed by atoms with Crippen molar-refractivity contribution in [2.45, 2.75) is 13.1 Å². The summed E-state index contributed by atoms with van der Waals surface area (Å²) >= 11 is 0. The van der Waals surface area contributed by atoms with E-state index < -0.39 is 11.7 Å². The second-order valence-electron chi connectivity index (χ2n) is 8.02. The quantitative estimate of drug-likeness (QED) is 0.329. The summed E-state index contributed by atoms with van der Waals surface area (Å²) in [6.07, 6.45) is -4.41. The average Bonchev–Trinajstić information content (AvgIpc) is 2.75. The van der Waals surface area contributed by atoms with E-state index in [0.29, 0.717) is 30.9 Å². The fourth-order valence-electron chi connectivity index (χ4n) is 3.77. The van der Waals surface area contributed by atoms with Gasteiger partial charge in [-0.25, -0.2) is 9.38 Å². The van der Waals surface area contributed by atoms with Crippen LogP contribution in [0.3, 0.4) is 0 Å². The summed E-state index contributed by atoms with van der Waals surface area (Å²) in [5, 5.41) is 1.46. The molecule has 0 unspecified atom stereocenters. The number of aliphatic imine (C=N–C) groups is 1. The Balaban J connectivity index is 1.50. The first-order valence-electron chi connectivity index (χ1n) is 10.5. The summed E-state index contributed by atoms with van der Waals surface area (Å²) < 4.78 is 56.5. The van der Waals surface area contributed by atoms with Gasteiger partial charge in [-0.15, -0.1) is 0 Å². The molecule has 0 spiro atoms. The zero-order valence-electron chi connectivity index (χ0n) is 17.9. The molecule has 1 saturated heterocycles. The minimum Gasteiger partial charge on any atom is -0.457 e. The second-order valence-corrected chi connectivity index (χ2v) is 8.02. The summed E-state index contributed by atoms with van der Waals surface area (Å²) in [7, 11) is 0. The zero-order chi connectivity index (χ0) is 23.6. The third-order valence-electron chi connectivity index (χ3n) is 5.72. The van der Waals surface area contributed by atoms with Crippen molar-refractivity contribution in [1.82, 2.24) is 4.90 Å². The minimum absolute atomic E-state index is 0.157. The molecule has 0 N–H and O–H groups in total. The van der Waals surface area contributed by atoms with Crippen LogP contribution >= 0.6 is 0 Å². The van der Waals surface area contributed by atoms with Crippen molar-refractivity contribution in [1.29, 1.82) is 0 Å². The van der Waals surface area contributed by atoms with Gasteiger partial charge in [-0.2, -0.15) is 13.2 Å². The van der Waals surface area contributed by atoms with E-state index in [4.69, 9.17) is 4.74 Å². The number of ether oxygens (including phenoxy) is 1. The van der Waals surface area contributed by atoms with Crippen molar-refractivity contribution < 1.29 is 27.1 Å². The van der Waals surface area contributed by atoms with E-state index in [2.05, 4.69) is 4.99 Å². The van der Waals surface area contributed by atoms with E-state index in [1.54, 1.807) is 30.3 Å². The molecule has 172 valence electrons. The number of benzene rings is 3. The van der Waals surface area contributed by atoms with Gasteiger partial charge in [0.1, 0.15) is 18.2 Å². The predicted molar refractivity (Wildman–Crippen MR) is 119 cm³/mol. The van der Waals surface area contributed by atoms with Crippen LogP contribution in [0.1, 0.15) is 22.8 Å². The molecule has 4 nitrogen and oxygen atoms in total. The Bertz CT molecular complexity index is 1180. The highest BCUT2D eigenvalue weighted by Gasteiger charge is 2.30. The van der Waals surface area contributed by atoms with Gasteiger partial charge in [-0.3, -0.25) is 9.69 Å². The third-order valence-corrected chi connectivity index (χ3v) is 5.72. The number of nitrogens with zero attached hydrogens (tertiary/aromatic N) is 2. The maximum Gasteiger partial charge on any atom is 0.416 e. The Morgan fingerprint density at radius 2 is 1.82 bits per heavy atom. The van der Waals surface area contributed by atoms with E-state index in [0.717, 1.165) is 28.6 Å². The predicted octanol–water partition coefficient (Wildman–Crippen LogP) is 6.15. The van der Waals surface area contributed by atoms with E-state index in [1.807, 2.05) is 17.9 Å². The van der Waals surface area contributed by atoms with Crippen LogP contribution in [-0.2, 0) is 6.18 Å². The molecule has 0 radical (unpaired) electrons. The Morgan fingerprint density at radius 1 is 1.09 bits per heavy atom. The highest BCUT2D eigenvalue weighted by Crippen LogP contribution is 2.34. The number of carbonyl (C=O) groups is 1. The van der Waals surface area contributed by atoms with Crippen LogP contribution in [0.25, 0.3) is 10.8 Å². The van der Waals surface area contributed by atoms with Crippen molar-refractivity contribution in [3.63, 3.8) is 0 Å². The van der Waals surface area contributed by atoms with Gasteiger partial charge in [0.05, 0.1) is 5.56 Å². The summed E-state index contributed by atoms with van der Waals surface area (Å²) in [5.41, 5.74) is 0.409. The van der Waals surface area contributed by atoms with E-state index in [9.17, 15) is 22.4 Å². The maximum atomic E-state index is 12.8. The molecule has 3 aromatic rings. The van der Waals surface area contributed by atoms with Crippen molar-refractivity contribution in [3.8, 4) is 11.5 Å². The van der Waals surface area contributed by atoms with Gasteiger partial charge in [0.15, 0.2) is 0 Å². The molecule has 8 heteroatoms. The molecule has 4 rings (SSSR count). The van der Waals surface area contributed by atoms with E-state index in [1.165, 1.54) is 12.1 Å². The lowest BCUT2D eigenvalue weighted by molar-refractivity contribution is -0.137. The molecule has 0 aliphatic carbocycles. The van der Waals surface area contributed by atoms with Crippen LogP contribution in [0, 0.1) is 5.92 Å². The Hall–Kier alpha value is -3.26. The molecule has 33 heavy (non-hydrogen) atoms. The molecule has 1 fully saturated rings. The van der Waals surface area contributed by atoms with Gasteiger partial charge >= 0.3 is 6.18 Å². The van der Waals surface area contributed by atoms with Crippen LogP contribution in [0.2, 0.25) is 0 Å². The van der Waals surface area contributed by atoms with Gasteiger partial charge in [-0.1, -0.05) is 12.1 Å². The number of hydrogen-bond donors (Lipinski definition) is 0. The Labute approximate surface area is 188 Å². The van der Waals surface area contributed by atoms with Crippen molar-refractivity contribution >= 4 is 22.4 Å². The van der Waals surface area contributed by atoms with Gasteiger partial charge < -0.3 is 4.74 Å². The molecule has 0 saturated carbocycles. The highest BCUT2D eigenvalue weighted by molar-refractivity contribution is 6.06. The minimum atomic E-state index is -4.41.